The van der Waals surface area contributed by atoms with E-state index in [1.165, 1.54) is 6.08 Å². The van der Waals surface area contributed by atoms with Crippen molar-refractivity contribution in [1.29, 1.82) is 0 Å². The van der Waals surface area contributed by atoms with Crippen LogP contribution in [0.1, 0.15) is 20.3 Å². The van der Waals surface area contributed by atoms with E-state index in [0.717, 1.165) is 11.0 Å². The van der Waals surface area contributed by atoms with Gasteiger partial charge in [-0.1, -0.05) is 6.08 Å². The molecule has 0 aromatic carbocycles. The number of alkyl halides is 3. The molecule has 100 valence electrons. The summed E-state index contributed by atoms with van der Waals surface area (Å²) in [7, 11) is 0. The zero-order valence-corrected chi connectivity index (χ0v) is 10.1. The Morgan fingerprint density at radius 2 is 2.06 bits per heavy atom. The molecule has 0 unspecified atom stereocenters. The van der Waals surface area contributed by atoms with Gasteiger partial charge in [0.2, 0.25) is 5.91 Å². The monoisotopic (exact) mass is 253 g/mol. The van der Waals surface area contributed by atoms with Gasteiger partial charge in [0.1, 0.15) is 6.54 Å². The third kappa shape index (κ3) is 8.74. The summed E-state index contributed by atoms with van der Waals surface area (Å²) in [5.41, 5.74) is 0. The highest BCUT2D eigenvalue weighted by atomic mass is 19.4. The van der Waals surface area contributed by atoms with Gasteiger partial charge in [-0.05, 0) is 26.3 Å². The van der Waals surface area contributed by atoms with Gasteiger partial charge in [-0.3, -0.25) is 4.79 Å². The fourth-order valence-electron chi connectivity index (χ4n) is 1.23. The lowest BCUT2D eigenvalue weighted by atomic mass is 10.3. The molecular weight excluding hydrogens is 235 g/mol. The number of allylic oxidation sites excluding steroid dienone is 1. The lowest BCUT2D eigenvalue weighted by Gasteiger charge is -2.22. The first kappa shape index (κ1) is 16.0. The van der Waals surface area contributed by atoms with Crippen LogP contribution in [0.3, 0.4) is 0 Å². The van der Waals surface area contributed by atoms with Gasteiger partial charge in [-0.2, -0.15) is 13.2 Å². The van der Waals surface area contributed by atoms with Crippen LogP contribution in [-0.4, -0.2) is 43.3 Å². The first-order valence-corrected chi connectivity index (χ1v) is 5.46. The molecule has 0 saturated heterocycles. The van der Waals surface area contributed by atoms with Crippen LogP contribution in [0.4, 0.5) is 13.2 Å². The average Bonchev–Trinajstić information content (AvgIpc) is 2.21. The molecule has 0 fully saturated rings. The van der Waals surface area contributed by atoms with Gasteiger partial charge in [-0.25, -0.2) is 0 Å². The van der Waals surface area contributed by atoms with Crippen molar-refractivity contribution < 1.29 is 22.7 Å². The minimum Gasteiger partial charge on any atom is -0.382 e. The maximum absolute atomic E-state index is 12.2. The van der Waals surface area contributed by atoms with Gasteiger partial charge in [0.25, 0.3) is 0 Å². The predicted molar refractivity (Wildman–Crippen MR) is 58.6 cm³/mol. The summed E-state index contributed by atoms with van der Waals surface area (Å²) < 4.78 is 41.7. The molecule has 0 aliphatic heterocycles. The second kappa shape index (κ2) is 8.11. The lowest BCUT2D eigenvalue weighted by molar-refractivity contribution is -0.158. The summed E-state index contributed by atoms with van der Waals surface area (Å²) in [6.07, 6.45) is -1.42. The summed E-state index contributed by atoms with van der Waals surface area (Å²) in [4.78, 5) is 12.2. The second-order valence-corrected chi connectivity index (χ2v) is 3.43. The van der Waals surface area contributed by atoms with Crippen LogP contribution in [-0.2, 0) is 9.53 Å². The van der Waals surface area contributed by atoms with Gasteiger partial charge in [0, 0.05) is 19.8 Å². The number of rotatable bonds is 7. The fraction of sp³-hybridized carbons (Fsp3) is 0.727. The van der Waals surface area contributed by atoms with E-state index in [9.17, 15) is 18.0 Å². The maximum atomic E-state index is 12.2. The van der Waals surface area contributed by atoms with E-state index < -0.39 is 18.6 Å². The molecule has 1 amide bonds. The quantitative estimate of drug-likeness (QED) is 0.515. The molecule has 0 radical (unpaired) electrons. The van der Waals surface area contributed by atoms with Gasteiger partial charge in [0.05, 0.1) is 0 Å². The maximum Gasteiger partial charge on any atom is 0.406 e. The summed E-state index contributed by atoms with van der Waals surface area (Å²) in [6, 6.07) is 0. The highest BCUT2D eigenvalue weighted by Gasteiger charge is 2.32. The molecule has 0 spiro atoms. The largest absolute Gasteiger partial charge is 0.406 e. The number of carbonyl (C=O) groups is 1. The summed E-state index contributed by atoms with van der Waals surface area (Å²) in [6.45, 7) is 3.09. The minimum atomic E-state index is -4.37. The molecule has 0 N–H and O–H groups in total. The SMILES string of the molecule is CC=CC(=O)N(CCCOCC)CC(F)(F)F. The van der Waals surface area contributed by atoms with E-state index in [0.29, 0.717) is 19.6 Å². The van der Waals surface area contributed by atoms with Crippen LogP contribution in [0.2, 0.25) is 0 Å². The first-order valence-electron chi connectivity index (χ1n) is 5.46. The molecule has 0 aliphatic rings. The van der Waals surface area contributed by atoms with Gasteiger partial charge < -0.3 is 9.64 Å². The van der Waals surface area contributed by atoms with Gasteiger partial charge >= 0.3 is 6.18 Å². The number of carbonyl (C=O) groups excluding carboxylic acids is 1. The molecule has 0 heterocycles. The Balaban J connectivity index is 4.26. The Hall–Kier alpha value is -1.04. The van der Waals surface area contributed by atoms with E-state index in [1.807, 2.05) is 0 Å². The Kier molecular flexibility index (Phi) is 7.61. The van der Waals surface area contributed by atoms with Crippen LogP contribution in [0.15, 0.2) is 12.2 Å². The second-order valence-electron chi connectivity index (χ2n) is 3.43. The number of halogens is 3. The number of ether oxygens (including phenoxy) is 1. The molecule has 0 atom stereocenters. The molecule has 6 heteroatoms. The molecule has 0 aromatic rings. The van der Waals surface area contributed by atoms with Crippen molar-refractivity contribution in [1.82, 2.24) is 4.90 Å². The zero-order valence-electron chi connectivity index (χ0n) is 10.1. The van der Waals surface area contributed by atoms with Crippen molar-refractivity contribution in [2.24, 2.45) is 0 Å². The molecule has 0 rings (SSSR count). The van der Waals surface area contributed by atoms with Crippen molar-refractivity contribution in [3.63, 3.8) is 0 Å². The van der Waals surface area contributed by atoms with Crippen LogP contribution >= 0.6 is 0 Å². The molecule has 0 aromatic heterocycles. The first-order chi connectivity index (χ1) is 7.90. The third-order valence-electron chi connectivity index (χ3n) is 1.91. The number of hydrogen-bond acceptors (Lipinski definition) is 2. The van der Waals surface area contributed by atoms with Crippen molar-refractivity contribution in [3.05, 3.63) is 12.2 Å². The van der Waals surface area contributed by atoms with Crippen LogP contribution < -0.4 is 0 Å². The molecule has 0 aliphatic carbocycles. The molecule has 17 heavy (non-hydrogen) atoms. The van der Waals surface area contributed by atoms with E-state index >= 15 is 0 Å². The van der Waals surface area contributed by atoms with E-state index in [-0.39, 0.29) is 6.54 Å². The predicted octanol–water partition coefficient (Wildman–Crippen LogP) is 2.38. The third-order valence-corrected chi connectivity index (χ3v) is 1.91. The smallest absolute Gasteiger partial charge is 0.382 e. The zero-order chi connectivity index (χ0) is 13.3. The summed E-state index contributed by atoms with van der Waals surface area (Å²) in [5.74, 6) is -0.624. The number of amides is 1. The van der Waals surface area contributed by atoms with Crippen molar-refractivity contribution in [2.45, 2.75) is 26.4 Å². The van der Waals surface area contributed by atoms with Crippen LogP contribution in [0, 0.1) is 0 Å². The van der Waals surface area contributed by atoms with E-state index in [4.69, 9.17) is 4.74 Å². The summed E-state index contributed by atoms with van der Waals surface area (Å²) >= 11 is 0. The molecular formula is C11H18F3NO2. The fourth-order valence-corrected chi connectivity index (χ4v) is 1.23. The van der Waals surface area contributed by atoms with Gasteiger partial charge in [-0.15, -0.1) is 0 Å². The number of hydrogen-bond donors (Lipinski definition) is 0. The van der Waals surface area contributed by atoms with E-state index in [1.54, 1.807) is 13.8 Å². The molecule has 3 nitrogen and oxygen atoms in total. The summed E-state index contributed by atoms with van der Waals surface area (Å²) in [5, 5.41) is 0. The normalized spacial score (nSPS) is 12.1. The molecule has 0 bridgehead atoms. The highest BCUT2D eigenvalue weighted by Crippen LogP contribution is 2.16. The Bertz CT molecular complexity index is 252. The van der Waals surface area contributed by atoms with Gasteiger partial charge in [0.15, 0.2) is 0 Å². The van der Waals surface area contributed by atoms with Crippen molar-refractivity contribution in [2.75, 3.05) is 26.3 Å². The van der Waals surface area contributed by atoms with Crippen molar-refractivity contribution >= 4 is 5.91 Å². The average molecular weight is 253 g/mol. The Morgan fingerprint density at radius 1 is 1.41 bits per heavy atom. The molecule has 0 saturated carbocycles. The topological polar surface area (TPSA) is 29.5 Å². The Morgan fingerprint density at radius 3 is 2.53 bits per heavy atom. The van der Waals surface area contributed by atoms with Crippen molar-refractivity contribution in [3.8, 4) is 0 Å². The van der Waals surface area contributed by atoms with Crippen LogP contribution in [0.25, 0.3) is 0 Å². The standard InChI is InChI=1S/C11H18F3NO2/c1-3-6-10(16)15(9-11(12,13)14)7-5-8-17-4-2/h3,6H,4-5,7-9H2,1-2H3. The van der Waals surface area contributed by atoms with E-state index in [2.05, 4.69) is 0 Å². The highest BCUT2D eigenvalue weighted by molar-refractivity contribution is 5.87. The Labute approximate surface area is 99.2 Å². The number of nitrogens with zero attached hydrogens (tertiary/aromatic N) is 1. The van der Waals surface area contributed by atoms with Crippen LogP contribution in [0.5, 0.6) is 0 Å². The lowest BCUT2D eigenvalue weighted by Crippen LogP contribution is -2.39. The minimum absolute atomic E-state index is 0.0443.